The van der Waals surface area contributed by atoms with Crippen LogP contribution in [0.5, 0.6) is 5.75 Å². The van der Waals surface area contributed by atoms with E-state index < -0.39 is 5.82 Å². The predicted octanol–water partition coefficient (Wildman–Crippen LogP) is 2.82. The maximum absolute atomic E-state index is 14.4. The fourth-order valence-electron chi connectivity index (χ4n) is 4.03. The first-order chi connectivity index (χ1) is 13.1. The summed E-state index contributed by atoms with van der Waals surface area (Å²) in [7, 11) is 1.86. The summed E-state index contributed by atoms with van der Waals surface area (Å²) in [6, 6.07) is 4.64. The van der Waals surface area contributed by atoms with Crippen LogP contribution in [0.3, 0.4) is 0 Å². The van der Waals surface area contributed by atoms with E-state index in [1.807, 2.05) is 13.2 Å². The number of aryl methyl sites for hydroxylation is 1. The van der Waals surface area contributed by atoms with E-state index in [1.165, 1.54) is 6.07 Å². The van der Waals surface area contributed by atoms with Crippen LogP contribution in [-0.2, 0) is 11.8 Å². The van der Waals surface area contributed by atoms with Crippen molar-refractivity contribution in [2.75, 3.05) is 18.4 Å². The topological polar surface area (TPSA) is 68.2 Å². The molecule has 2 aromatic rings. The highest BCUT2D eigenvalue weighted by atomic mass is 19.1. The maximum atomic E-state index is 14.4. The summed E-state index contributed by atoms with van der Waals surface area (Å²) in [5.41, 5.74) is 1.49. The first kappa shape index (κ1) is 18.0. The Bertz CT molecular complexity index is 816. The molecule has 2 aliphatic rings. The van der Waals surface area contributed by atoms with E-state index >= 15 is 0 Å². The van der Waals surface area contributed by atoms with Crippen molar-refractivity contribution < 1.29 is 13.9 Å². The number of benzene rings is 1. The highest BCUT2D eigenvalue weighted by molar-refractivity contribution is 5.93. The minimum atomic E-state index is -0.437. The van der Waals surface area contributed by atoms with Crippen LogP contribution in [0.1, 0.15) is 37.2 Å². The molecule has 1 amide bonds. The number of aromatic nitrogens is 2. The summed E-state index contributed by atoms with van der Waals surface area (Å²) in [6.07, 6.45) is 8.05. The van der Waals surface area contributed by atoms with Crippen molar-refractivity contribution in [2.45, 2.75) is 37.7 Å². The summed E-state index contributed by atoms with van der Waals surface area (Å²) in [4.78, 5) is 12.7. The molecular formula is C20H25FN4O2. The lowest BCUT2D eigenvalue weighted by Gasteiger charge is -2.18. The molecule has 2 atom stereocenters. The maximum Gasteiger partial charge on any atom is 0.229 e. The van der Waals surface area contributed by atoms with Crippen LogP contribution in [0.4, 0.5) is 10.1 Å². The monoisotopic (exact) mass is 372 g/mol. The molecule has 1 aliphatic carbocycles. The van der Waals surface area contributed by atoms with E-state index in [0.29, 0.717) is 12.2 Å². The number of anilines is 1. The average molecular weight is 372 g/mol. The van der Waals surface area contributed by atoms with Gasteiger partial charge in [0, 0.05) is 44.0 Å². The molecule has 2 N–H and O–H groups in total. The Morgan fingerprint density at radius 2 is 2.15 bits per heavy atom. The number of nitrogens with one attached hydrogen (secondary N) is 2. The Morgan fingerprint density at radius 3 is 2.85 bits per heavy atom. The molecule has 1 saturated carbocycles. The van der Waals surface area contributed by atoms with Crippen LogP contribution in [-0.4, -0.2) is 34.9 Å². The minimum Gasteiger partial charge on any atom is -0.487 e. The molecule has 2 fully saturated rings. The van der Waals surface area contributed by atoms with Crippen LogP contribution >= 0.6 is 0 Å². The molecule has 0 spiro atoms. The van der Waals surface area contributed by atoms with Gasteiger partial charge in [0.15, 0.2) is 11.6 Å². The van der Waals surface area contributed by atoms with Crippen LogP contribution < -0.4 is 15.4 Å². The molecule has 4 rings (SSSR count). The average Bonchev–Trinajstić information content (AvgIpc) is 3.38. The Hall–Kier alpha value is -2.41. The molecule has 1 saturated heterocycles. The third-order valence-corrected chi connectivity index (χ3v) is 5.50. The van der Waals surface area contributed by atoms with Crippen molar-refractivity contribution in [3.05, 3.63) is 42.0 Å². The number of rotatable bonds is 5. The molecule has 27 heavy (non-hydrogen) atoms. The highest BCUT2D eigenvalue weighted by Gasteiger charge is 2.34. The lowest BCUT2D eigenvalue weighted by Crippen LogP contribution is -2.28. The van der Waals surface area contributed by atoms with E-state index in [0.717, 1.165) is 37.8 Å². The second kappa shape index (κ2) is 7.68. The third-order valence-electron chi connectivity index (χ3n) is 5.50. The second-order valence-electron chi connectivity index (χ2n) is 7.48. The Morgan fingerprint density at radius 1 is 1.33 bits per heavy atom. The molecule has 1 aromatic heterocycles. The molecular weight excluding hydrogens is 347 g/mol. The molecule has 7 heteroatoms. The Kier molecular flexibility index (Phi) is 5.11. The molecule has 0 bridgehead atoms. The molecule has 144 valence electrons. The normalized spacial score (nSPS) is 22.9. The third kappa shape index (κ3) is 3.98. The van der Waals surface area contributed by atoms with Crippen LogP contribution in [0.15, 0.2) is 30.6 Å². The van der Waals surface area contributed by atoms with E-state index in [4.69, 9.17) is 4.74 Å². The van der Waals surface area contributed by atoms with E-state index in [2.05, 4.69) is 15.7 Å². The number of carbonyl (C=O) groups excluding carboxylic acids is 1. The lowest BCUT2D eigenvalue weighted by atomic mass is 9.90. The number of ether oxygens (including phenoxy) is 1. The smallest absolute Gasteiger partial charge is 0.229 e. The molecule has 0 unspecified atom stereocenters. The van der Waals surface area contributed by atoms with Gasteiger partial charge in [0.1, 0.15) is 0 Å². The van der Waals surface area contributed by atoms with Crippen molar-refractivity contribution in [1.82, 2.24) is 15.1 Å². The van der Waals surface area contributed by atoms with Crippen LogP contribution in [0.25, 0.3) is 0 Å². The predicted molar refractivity (Wildman–Crippen MR) is 100 cm³/mol. The zero-order valence-electron chi connectivity index (χ0n) is 15.5. The van der Waals surface area contributed by atoms with Gasteiger partial charge < -0.3 is 15.4 Å². The number of nitrogens with zero attached hydrogens (tertiary/aromatic N) is 2. The minimum absolute atomic E-state index is 0.0634. The van der Waals surface area contributed by atoms with Gasteiger partial charge in [-0.1, -0.05) is 0 Å². The fraction of sp³-hybridized carbons (Fsp3) is 0.500. The van der Waals surface area contributed by atoms with Gasteiger partial charge >= 0.3 is 0 Å². The molecule has 2 heterocycles. The number of carbonyl (C=O) groups is 1. The fourth-order valence-corrected chi connectivity index (χ4v) is 4.03. The van der Waals surface area contributed by atoms with Crippen molar-refractivity contribution in [3.8, 4) is 5.75 Å². The van der Waals surface area contributed by atoms with Crippen molar-refractivity contribution in [1.29, 1.82) is 0 Å². The summed E-state index contributed by atoms with van der Waals surface area (Å²) in [6.45, 7) is 1.32. The van der Waals surface area contributed by atoms with Crippen LogP contribution in [0, 0.1) is 11.7 Å². The molecule has 0 radical (unpaired) electrons. The van der Waals surface area contributed by atoms with Crippen LogP contribution in [0.2, 0.25) is 0 Å². The number of hydrogen-bond donors (Lipinski definition) is 2. The van der Waals surface area contributed by atoms with E-state index in [-0.39, 0.29) is 29.6 Å². The number of amides is 1. The first-order valence-electron chi connectivity index (χ1n) is 9.56. The highest BCUT2D eigenvalue weighted by Crippen LogP contribution is 2.30. The SMILES string of the molecule is Cn1cc([C@H]2CNC[C@@H]2C(=O)Nc2ccc(OC3CCCC3)c(F)c2)cn1. The quantitative estimate of drug-likeness (QED) is 0.847. The van der Waals surface area contributed by atoms with Gasteiger partial charge in [-0.2, -0.15) is 5.10 Å². The summed E-state index contributed by atoms with van der Waals surface area (Å²) in [5.74, 6) is -0.443. The molecule has 1 aromatic carbocycles. The van der Waals surface area contributed by atoms with Crippen molar-refractivity contribution in [3.63, 3.8) is 0 Å². The van der Waals surface area contributed by atoms with Gasteiger partial charge in [0.05, 0.1) is 18.2 Å². The zero-order valence-corrected chi connectivity index (χ0v) is 15.5. The van der Waals surface area contributed by atoms with Gasteiger partial charge in [-0.25, -0.2) is 4.39 Å². The second-order valence-corrected chi connectivity index (χ2v) is 7.48. The lowest BCUT2D eigenvalue weighted by molar-refractivity contribution is -0.119. The summed E-state index contributed by atoms with van der Waals surface area (Å²) in [5, 5.41) is 10.3. The summed E-state index contributed by atoms with van der Waals surface area (Å²) < 4.78 is 21.8. The van der Waals surface area contributed by atoms with E-state index in [1.54, 1.807) is 23.0 Å². The largest absolute Gasteiger partial charge is 0.487 e. The molecule has 1 aliphatic heterocycles. The zero-order chi connectivity index (χ0) is 18.8. The van der Waals surface area contributed by atoms with Gasteiger partial charge in [-0.3, -0.25) is 9.48 Å². The Labute approximate surface area is 158 Å². The van der Waals surface area contributed by atoms with E-state index in [9.17, 15) is 9.18 Å². The van der Waals surface area contributed by atoms with Gasteiger partial charge in [-0.15, -0.1) is 0 Å². The van der Waals surface area contributed by atoms with Gasteiger partial charge in [-0.05, 0) is 43.4 Å². The summed E-state index contributed by atoms with van der Waals surface area (Å²) >= 11 is 0. The van der Waals surface area contributed by atoms with Gasteiger partial charge in [0.2, 0.25) is 5.91 Å². The van der Waals surface area contributed by atoms with Crippen molar-refractivity contribution >= 4 is 11.6 Å². The van der Waals surface area contributed by atoms with Crippen molar-refractivity contribution in [2.24, 2.45) is 13.0 Å². The number of halogens is 1. The first-order valence-corrected chi connectivity index (χ1v) is 9.56. The Balaban J connectivity index is 1.42. The molecule has 6 nitrogen and oxygen atoms in total. The van der Waals surface area contributed by atoms with Gasteiger partial charge in [0.25, 0.3) is 0 Å². The number of hydrogen-bond acceptors (Lipinski definition) is 4. The standard InChI is InChI=1S/C20H25FN4O2/c1-25-12-13(9-23-25)16-10-22-11-17(16)20(26)24-14-6-7-19(18(21)8-14)27-15-4-2-3-5-15/h6-9,12,15-17,22H,2-5,10-11H2,1H3,(H,24,26)/t16-,17+/m1/s1.